The Kier molecular flexibility index (Phi) is 18.4. The number of morpholine rings is 2. The van der Waals surface area contributed by atoms with Crippen molar-refractivity contribution in [1.82, 2.24) is 9.80 Å². The van der Waals surface area contributed by atoms with Gasteiger partial charge in [-0.3, -0.25) is 19.2 Å². The van der Waals surface area contributed by atoms with Crippen molar-refractivity contribution in [3.8, 4) is 22.3 Å². The summed E-state index contributed by atoms with van der Waals surface area (Å²) in [6, 6.07) is 20.3. The van der Waals surface area contributed by atoms with E-state index in [0.717, 1.165) is 59.8 Å². The number of hydrogen-bond acceptors (Lipinski definition) is 11. The summed E-state index contributed by atoms with van der Waals surface area (Å²) in [6.07, 6.45) is 8.57. The van der Waals surface area contributed by atoms with Crippen molar-refractivity contribution < 1.29 is 38.1 Å². The van der Waals surface area contributed by atoms with Gasteiger partial charge in [-0.2, -0.15) is 0 Å². The number of ether oxygens (including phenoxy) is 4. The predicted octanol–water partition coefficient (Wildman–Crippen LogP) is 11.1. The molecule has 4 fully saturated rings. The average Bonchev–Trinajstić information content (AvgIpc) is 3.41. The molecule has 0 spiro atoms. The molecule has 0 saturated carbocycles. The highest BCUT2D eigenvalue weighted by Crippen LogP contribution is 2.49. The lowest BCUT2D eigenvalue weighted by molar-refractivity contribution is -0.151. The van der Waals surface area contributed by atoms with Crippen LogP contribution >= 0.6 is 58.2 Å². The zero-order valence-corrected chi connectivity index (χ0v) is 43.8. The summed E-state index contributed by atoms with van der Waals surface area (Å²) < 4.78 is 21.8. The lowest BCUT2D eigenvalue weighted by Crippen LogP contribution is -2.39. The zero-order valence-electron chi connectivity index (χ0n) is 39.9. The Bertz CT molecular complexity index is 2480. The summed E-state index contributed by atoms with van der Waals surface area (Å²) in [5.41, 5.74) is 6.37. The molecule has 0 aliphatic carbocycles. The number of nitrogens with zero attached hydrogens (tertiary/aromatic N) is 4. The second kappa shape index (κ2) is 24.8. The Balaban J connectivity index is 1.15. The van der Waals surface area contributed by atoms with Gasteiger partial charge in [-0.25, -0.2) is 0 Å². The number of carbonyl (C=O) groups excluding carboxylic acids is 4. The molecule has 4 aliphatic heterocycles. The highest BCUT2D eigenvalue weighted by Gasteiger charge is 2.30. The second-order valence-electron chi connectivity index (χ2n) is 17.7. The van der Waals surface area contributed by atoms with Gasteiger partial charge in [0, 0.05) is 96.8 Å². The van der Waals surface area contributed by atoms with Crippen LogP contribution in [0.25, 0.3) is 34.4 Å². The Labute approximate surface area is 440 Å². The minimum Gasteiger partial charge on any atom is -0.466 e. The van der Waals surface area contributed by atoms with E-state index in [9.17, 15) is 19.2 Å². The van der Waals surface area contributed by atoms with Gasteiger partial charge in [-0.1, -0.05) is 82.4 Å². The number of hydrogen-bond donors (Lipinski definition) is 0. The Morgan fingerprint density at radius 3 is 1.31 bits per heavy atom. The van der Waals surface area contributed by atoms with Crippen LogP contribution in [0, 0.1) is 11.8 Å². The third-order valence-electron chi connectivity index (χ3n) is 13.3. The van der Waals surface area contributed by atoms with Crippen molar-refractivity contribution in [2.45, 2.75) is 49.3 Å². The molecule has 0 aromatic heterocycles. The Morgan fingerprint density at radius 2 is 0.944 bits per heavy atom. The molecule has 4 aromatic carbocycles. The van der Waals surface area contributed by atoms with Gasteiger partial charge in [0.25, 0.3) is 0 Å². The number of carbonyl (C=O) groups is 4. The Morgan fingerprint density at radius 1 is 0.563 bits per heavy atom. The fourth-order valence-corrected chi connectivity index (χ4v) is 11.6. The molecule has 4 aliphatic rings. The van der Waals surface area contributed by atoms with E-state index in [4.69, 9.17) is 65.4 Å². The molecule has 0 radical (unpaired) electrons. The van der Waals surface area contributed by atoms with Gasteiger partial charge in [0.2, 0.25) is 11.8 Å². The molecule has 4 aromatic rings. The van der Waals surface area contributed by atoms with Gasteiger partial charge in [-0.05, 0) is 110 Å². The predicted molar refractivity (Wildman–Crippen MR) is 284 cm³/mol. The van der Waals surface area contributed by atoms with Crippen molar-refractivity contribution in [1.29, 1.82) is 0 Å². The van der Waals surface area contributed by atoms with Crippen LogP contribution in [-0.2, 0) is 38.1 Å². The number of esters is 2. The molecule has 8 rings (SSSR count). The first-order valence-electron chi connectivity index (χ1n) is 24.3. The lowest BCUT2D eigenvalue weighted by atomic mass is 9.96. The third-order valence-corrected chi connectivity index (χ3v) is 16.4. The van der Waals surface area contributed by atoms with Gasteiger partial charge < -0.3 is 38.5 Å². The molecule has 0 atom stereocenters. The van der Waals surface area contributed by atoms with Gasteiger partial charge in [0.15, 0.2) is 0 Å². The first kappa shape index (κ1) is 52.6. The van der Waals surface area contributed by atoms with Gasteiger partial charge in [0.05, 0.1) is 71.6 Å². The molecule has 0 unspecified atom stereocenters. The van der Waals surface area contributed by atoms with Crippen molar-refractivity contribution in [2.75, 3.05) is 102 Å². The summed E-state index contributed by atoms with van der Waals surface area (Å²) in [4.78, 5) is 61.4. The van der Waals surface area contributed by atoms with Crippen LogP contribution < -0.4 is 9.80 Å². The summed E-state index contributed by atoms with van der Waals surface area (Å²) >= 11 is 30.5. The molecule has 12 nitrogen and oxygen atoms in total. The van der Waals surface area contributed by atoms with E-state index in [1.165, 1.54) is 23.9 Å². The summed E-state index contributed by atoms with van der Waals surface area (Å²) in [5.74, 6) is -1.32. The van der Waals surface area contributed by atoms with Gasteiger partial charge in [0.1, 0.15) is 0 Å². The van der Waals surface area contributed by atoms with Crippen molar-refractivity contribution >= 4 is 105 Å². The van der Waals surface area contributed by atoms with Crippen molar-refractivity contribution in [2.24, 2.45) is 11.8 Å². The second-order valence-corrected chi connectivity index (χ2v) is 20.3. The molecule has 0 N–H and O–H groups in total. The SMILES string of the molecule is CCOC(=O)C1CCN(C(=O)C=Cc2c(-c3cccc(N4CCOCC4)c3)cc(Sc3cc(-c4cccc(N5CCOCC5)c4)c(C=CC(=O)N4CCC(C(=O)OCC)CC4)c(Cl)c3Cl)c(Cl)c2Cl)CC1. The van der Waals surface area contributed by atoms with Crippen LogP contribution in [0.2, 0.25) is 20.1 Å². The van der Waals surface area contributed by atoms with Crippen LogP contribution in [0.1, 0.15) is 50.7 Å². The molecule has 4 heterocycles. The number of amides is 2. The highest BCUT2D eigenvalue weighted by atomic mass is 35.5. The number of piperidine rings is 2. The quantitative estimate of drug-likeness (QED) is 0.0887. The summed E-state index contributed by atoms with van der Waals surface area (Å²) in [6.45, 7) is 11.4. The topological polar surface area (TPSA) is 118 Å². The van der Waals surface area contributed by atoms with E-state index in [1.807, 2.05) is 36.4 Å². The van der Waals surface area contributed by atoms with Crippen molar-refractivity contribution in [3.05, 3.63) is 104 Å². The molecule has 71 heavy (non-hydrogen) atoms. The normalized spacial score (nSPS) is 17.3. The molecule has 0 bridgehead atoms. The fraction of sp³-hybridized carbons (Fsp3) is 0.407. The smallest absolute Gasteiger partial charge is 0.309 e. The standard InChI is InChI=1S/C54H58Cl4N4O8S/c1-3-69-53(65)35-15-19-61(20-16-35)47(63)13-11-41-43(37-7-5-9-39(31-37)59-23-27-67-28-24-59)33-45(51(57)49(41)55)71-46-34-44(38-8-6-10-40(32-38)60-25-29-68-30-26-60)42(50(56)52(46)58)12-14-48(64)62-21-17-36(18-22-62)54(66)70-4-2/h5-14,31-36H,3-4,15-30H2,1-2H3. The van der Waals surface area contributed by atoms with Crippen LogP contribution in [0.15, 0.2) is 82.6 Å². The number of anilines is 2. The first-order valence-corrected chi connectivity index (χ1v) is 26.6. The Hall–Kier alpha value is -4.73. The van der Waals surface area contributed by atoms with Crippen LogP contribution in [0.3, 0.4) is 0 Å². The third kappa shape index (κ3) is 12.7. The number of rotatable bonds is 14. The van der Waals surface area contributed by atoms with E-state index >= 15 is 0 Å². The van der Waals surface area contributed by atoms with Gasteiger partial charge >= 0.3 is 11.9 Å². The number of benzene rings is 4. The van der Waals surface area contributed by atoms with E-state index in [1.54, 1.807) is 35.8 Å². The largest absolute Gasteiger partial charge is 0.466 e. The monoisotopic (exact) mass is 1060 g/mol. The maximum atomic E-state index is 13.7. The van der Waals surface area contributed by atoms with Gasteiger partial charge in [-0.15, -0.1) is 0 Å². The summed E-state index contributed by atoms with van der Waals surface area (Å²) in [5, 5.41) is 1.02. The minimum absolute atomic E-state index is 0.202. The first-order chi connectivity index (χ1) is 34.4. The summed E-state index contributed by atoms with van der Waals surface area (Å²) in [7, 11) is 0. The zero-order chi connectivity index (χ0) is 50.0. The maximum absolute atomic E-state index is 13.7. The molecule has 376 valence electrons. The molecule has 17 heteroatoms. The van der Waals surface area contributed by atoms with Crippen LogP contribution in [0.5, 0.6) is 0 Å². The van der Waals surface area contributed by atoms with Crippen molar-refractivity contribution in [3.63, 3.8) is 0 Å². The molecule has 2 amide bonds. The van der Waals surface area contributed by atoms with Crippen LogP contribution in [-0.4, -0.2) is 126 Å². The average molecular weight is 1060 g/mol. The van der Waals surface area contributed by atoms with E-state index in [2.05, 4.69) is 34.1 Å². The van der Waals surface area contributed by atoms with E-state index in [-0.39, 0.29) is 55.7 Å². The van der Waals surface area contributed by atoms with Crippen LogP contribution in [0.4, 0.5) is 11.4 Å². The minimum atomic E-state index is -0.234. The maximum Gasteiger partial charge on any atom is 0.309 e. The number of likely N-dealkylation sites (tertiary alicyclic amines) is 2. The lowest BCUT2D eigenvalue weighted by Gasteiger charge is -2.30. The van der Waals surface area contributed by atoms with E-state index < -0.39 is 0 Å². The molecular weight excluding hydrogens is 1010 g/mol. The molecule has 4 saturated heterocycles. The fourth-order valence-electron chi connectivity index (χ4n) is 9.40. The molecular formula is C54H58Cl4N4O8S. The highest BCUT2D eigenvalue weighted by molar-refractivity contribution is 7.99. The number of halogens is 4. The van der Waals surface area contributed by atoms with E-state index in [0.29, 0.717) is 112 Å².